The van der Waals surface area contributed by atoms with E-state index in [1.807, 2.05) is 0 Å². The van der Waals surface area contributed by atoms with Gasteiger partial charge in [-0.2, -0.15) is 0 Å². The summed E-state index contributed by atoms with van der Waals surface area (Å²) in [4.78, 5) is 4.99. The number of fused-ring (bicyclic) bond motifs is 5. The van der Waals surface area contributed by atoms with Crippen molar-refractivity contribution in [3.8, 4) is 0 Å². The first-order chi connectivity index (χ1) is 27.5. The fourth-order valence-electron chi connectivity index (χ4n) is 9.06. The van der Waals surface area contributed by atoms with Crippen molar-refractivity contribution < 1.29 is 0 Å². The van der Waals surface area contributed by atoms with Crippen molar-refractivity contribution >= 4 is 66.8 Å². The van der Waals surface area contributed by atoms with E-state index in [0.717, 1.165) is 43.5 Å². The molecule has 8 aromatic rings. The molecule has 0 saturated heterocycles. The average molecular weight is 727 g/mol. The molecule has 2 heteroatoms. The van der Waals surface area contributed by atoms with Crippen LogP contribution in [0.15, 0.2) is 158 Å². The zero-order valence-electron chi connectivity index (χ0n) is 33.1. The minimum absolute atomic E-state index is 0.211. The Morgan fingerprint density at radius 2 is 0.911 bits per heavy atom. The third-order valence-corrected chi connectivity index (χ3v) is 12.1. The van der Waals surface area contributed by atoms with Crippen molar-refractivity contribution in [3.05, 3.63) is 191 Å². The topological polar surface area (TPSA) is 6.48 Å². The fourth-order valence-corrected chi connectivity index (χ4v) is 9.06. The predicted octanol–water partition coefficient (Wildman–Crippen LogP) is 14.6. The Bertz CT molecular complexity index is 2750. The average Bonchev–Trinajstić information content (AvgIpc) is 3.26. The normalized spacial score (nSPS) is 13.7. The van der Waals surface area contributed by atoms with E-state index in [9.17, 15) is 0 Å². The first-order valence-corrected chi connectivity index (χ1v) is 20.6. The van der Waals surface area contributed by atoms with Crippen molar-refractivity contribution in [3.63, 3.8) is 0 Å². The highest BCUT2D eigenvalue weighted by molar-refractivity contribution is 6.09. The van der Waals surface area contributed by atoms with E-state index in [0.29, 0.717) is 0 Å². The zero-order chi connectivity index (χ0) is 38.2. The minimum atomic E-state index is 0.211. The van der Waals surface area contributed by atoms with Gasteiger partial charge in [0.1, 0.15) is 0 Å². The van der Waals surface area contributed by atoms with Gasteiger partial charge in [0.05, 0.1) is 6.04 Å². The molecule has 0 amide bonds. The molecule has 56 heavy (non-hydrogen) atoms. The second kappa shape index (κ2) is 15.2. The number of hydrogen-bond acceptors (Lipinski definition) is 2. The highest BCUT2D eigenvalue weighted by Gasteiger charge is 2.24. The predicted molar refractivity (Wildman–Crippen MR) is 243 cm³/mol. The lowest BCUT2D eigenvalue weighted by Crippen LogP contribution is -2.33. The van der Waals surface area contributed by atoms with Gasteiger partial charge in [-0.1, -0.05) is 131 Å². The van der Waals surface area contributed by atoms with Gasteiger partial charge in [0.15, 0.2) is 0 Å². The Labute approximate surface area is 332 Å². The van der Waals surface area contributed by atoms with Crippen LogP contribution in [0.4, 0.5) is 28.4 Å². The standard InChI is InChI=1S/C54H50N2/c1-5-37-19-23-47(31-39(37)7-3)55(49-25-21-41-13-9-11-15-43(41)33-49)51-27-29-53-45(35-51)17-18-46-36-52(28-30-54(46)53)56(48-24-20-38(6-2)40(8-4)32-48)50-26-22-42-14-10-12-16-44(42)34-50/h9-33,35-36,50H,5-8,34H2,1-4H3. The van der Waals surface area contributed by atoms with Crippen LogP contribution in [-0.4, -0.2) is 6.04 Å². The largest absolute Gasteiger partial charge is 0.334 e. The van der Waals surface area contributed by atoms with Gasteiger partial charge in [0.25, 0.3) is 0 Å². The highest BCUT2D eigenvalue weighted by atomic mass is 15.2. The molecule has 0 heterocycles. The van der Waals surface area contributed by atoms with Gasteiger partial charge in [0.2, 0.25) is 0 Å². The van der Waals surface area contributed by atoms with Crippen LogP contribution in [0.2, 0.25) is 0 Å². The number of rotatable bonds is 10. The van der Waals surface area contributed by atoms with Crippen molar-refractivity contribution in [2.24, 2.45) is 0 Å². The van der Waals surface area contributed by atoms with Gasteiger partial charge >= 0.3 is 0 Å². The summed E-state index contributed by atoms with van der Waals surface area (Å²) in [5, 5.41) is 7.53. The van der Waals surface area contributed by atoms with E-state index in [2.05, 4.69) is 201 Å². The summed E-state index contributed by atoms with van der Waals surface area (Å²) in [6.45, 7) is 9.05. The van der Waals surface area contributed by atoms with Gasteiger partial charge in [-0.3, -0.25) is 0 Å². The van der Waals surface area contributed by atoms with Gasteiger partial charge in [-0.05, 0) is 158 Å². The Morgan fingerprint density at radius 3 is 1.61 bits per heavy atom. The summed E-state index contributed by atoms with van der Waals surface area (Å²) < 4.78 is 0. The smallest absolute Gasteiger partial charge is 0.0566 e. The van der Waals surface area contributed by atoms with Crippen molar-refractivity contribution in [1.29, 1.82) is 0 Å². The van der Waals surface area contributed by atoms with E-state index in [1.54, 1.807) is 0 Å². The van der Waals surface area contributed by atoms with Crippen molar-refractivity contribution in [2.75, 3.05) is 9.80 Å². The molecule has 276 valence electrons. The maximum Gasteiger partial charge on any atom is 0.0566 e. The monoisotopic (exact) mass is 726 g/mol. The van der Waals surface area contributed by atoms with Crippen LogP contribution in [0, 0.1) is 0 Å². The molecule has 0 aromatic heterocycles. The summed E-state index contributed by atoms with van der Waals surface area (Å²) in [7, 11) is 0. The number of aryl methyl sites for hydroxylation is 4. The van der Waals surface area contributed by atoms with Gasteiger partial charge in [0, 0.05) is 28.4 Å². The molecule has 0 aliphatic heterocycles. The Hall–Kier alpha value is -6.12. The molecule has 0 saturated carbocycles. The van der Waals surface area contributed by atoms with E-state index in [4.69, 9.17) is 0 Å². The maximum atomic E-state index is 2.56. The third-order valence-electron chi connectivity index (χ3n) is 12.1. The molecule has 1 unspecified atom stereocenters. The molecule has 8 aromatic carbocycles. The van der Waals surface area contributed by atoms with Crippen molar-refractivity contribution in [1.82, 2.24) is 0 Å². The summed E-state index contributed by atoms with van der Waals surface area (Å²) in [6.07, 6.45) is 9.81. The zero-order valence-corrected chi connectivity index (χ0v) is 33.1. The van der Waals surface area contributed by atoms with E-state index in [-0.39, 0.29) is 6.04 Å². The van der Waals surface area contributed by atoms with Gasteiger partial charge in [-0.15, -0.1) is 0 Å². The van der Waals surface area contributed by atoms with E-state index in [1.165, 1.54) is 82.8 Å². The van der Waals surface area contributed by atoms with Crippen LogP contribution in [-0.2, 0) is 32.1 Å². The first-order valence-electron chi connectivity index (χ1n) is 20.6. The maximum absolute atomic E-state index is 2.56. The molecule has 0 spiro atoms. The molecular weight excluding hydrogens is 677 g/mol. The Morgan fingerprint density at radius 1 is 0.429 bits per heavy atom. The summed E-state index contributed by atoms with van der Waals surface area (Å²) in [5.74, 6) is 0. The van der Waals surface area contributed by atoms with Crippen LogP contribution >= 0.6 is 0 Å². The SMILES string of the molecule is CCc1ccc(N(c2ccc3ccccc3c2)c2ccc3c(ccc4cc(N(c5ccc(CC)c(CC)c5)C5C=Cc6ccccc6C5)ccc43)c2)cc1CC. The van der Waals surface area contributed by atoms with Crippen molar-refractivity contribution in [2.45, 2.75) is 65.8 Å². The van der Waals surface area contributed by atoms with Crippen LogP contribution < -0.4 is 9.80 Å². The second-order valence-electron chi connectivity index (χ2n) is 15.3. The number of nitrogens with zero attached hydrogens (tertiary/aromatic N) is 2. The summed E-state index contributed by atoms with van der Waals surface area (Å²) >= 11 is 0. The quantitative estimate of drug-likeness (QED) is 0.130. The van der Waals surface area contributed by atoms with Crippen LogP contribution in [0.3, 0.4) is 0 Å². The van der Waals surface area contributed by atoms with Crippen LogP contribution in [0.5, 0.6) is 0 Å². The third kappa shape index (κ3) is 6.54. The Balaban J connectivity index is 1.14. The molecule has 0 radical (unpaired) electrons. The number of anilines is 5. The molecule has 1 atom stereocenters. The molecule has 2 nitrogen and oxygen atoms in total. The lowest BCUT2D eigenvalue weighted by atomic mass is 9.92. The molecule has 0 fully saturated rings. The fraction of sp³-hybridized carbons (Fsp3) is 0.185. The second-order valence-corrected chi connectivity index (χ2v) is 15.3. The van der Waals surface area contributed by atoms with Crippen LogP contribution in [0.1, 0.15) is 61.1 Å². The summed E-state index contributed by atoms with van der Waals surface area (Å²) in [5.41, 5.74) is 14.4. The van der Waals surface area contributed by atoms with Crippen LogP contribution in [0.25, 0.3) is 38.4 Å². The lowest BCUT2D eigenvalue weighted by Gasteiger charge is -2.35. The molecule has 0 bridgehead atoms. The van der Waals surface area contributed by atoms with E-state index < -0.39 is 0 Å². The number of benzene rings is 8. The molecular formula is C54H50N2. The highest BCUT2D eigenvalue weighted by Crippen LogP contribution is 2.41. The van der Waals surface area contributed by atoms with Gasteiger partial charge < -0.3 is 9.80 Å². The molecule has 1 aliphatic rings. The molecule has 0 N–H and O–H groups in total. The first kappa shape index (κ1) is 35.6. The van der Waals surface area contributed by atoms with E-state index >= 15 is 0 Å². The number of hydrogen-bond donors (Lipinski definition) is 0. The molecule has 9 rings (SSSR count). The summed E-state index contributed by atoms with van der Waals surface area (Å²) in [6, 6.07) is 57.4. The Kier molecular flexibility index (Phi) is 9.65. The lowest BCUT2D eigenvalue weighted by molar-refractivity contribution is 0.766. The molecule has 1 aliphatic carbocycles. The van der Waals surface area contributed by atoms with Gasteiger partial charge in [-0.25, -0.2) is 0 Å². The minimum Gasteiger partial charge on any atom is -0.334 e.